The number of aryl methyl sites for hydroxylation is 2. The third-order valence-electron chi connectivity index (χ3n) is 3.64. The predicted molar refractivity (Wildman–Crippen MR) is 85.7 cm³/mol. The van der Waals surface area contributed by atoms with E-state index in [1.54, 1.807) is 0 Å². The maximum absolute atomic E-state index is 6.21. The Morgan fingerprint density at radius 1 is 1.21 bits per heavy atom. The van der Waals surface area contributed by atoms with Gasteiger partial charge in [-0.25, -0.2) is 0 Å². The Morgan fingerprint density at radius 2 is 1.68 bits per heavy atom. The molecule has 0 aliphatic rings. The van der Waals surface area contributed by atoms with E-state index in [-0.39, 0.29) is 11.5 Å². The standard InChI is InChI=1S/C18H29N/c1-12(2)8-16(19)11-17-13(3)9-15(10-14(17)4)18(5,6)7/h9-10,16H,1,8,11,19H2,2-7H3. The normalized spacial score (nSPS) is 13.4. The lowest BCUT2D eigenvalue weighted by molar-refractivity contribution is 0.587. The molecular formula is C18H29N. The van der Waals surface area contributed by atoms with Crippen LogP contribution in [0.2, 0.25) is 0 Å². The molecule has 106 valence electrons. The maximum Gasteiger partial charge on any atom is 0.0117 e. The van der Waals surface area contributed by atoms with E-state index in [4.69, 9.17) is 5.73 Å². The minimum absolute atomic E-state index is 0.176. The highest BCUT2D eigenvalue weighted by Crippen LogP contribution is 2.27. The van der Waals surface area contributed by atoms with Crippen LogP contribution in [0.25, 0.3) is 0 Å². The third kappa shape index (κ3) is 4.50. The van der Waals surface area contributed by atoms with E-state index in [1.807, 2.05) is 6.92 Å². The molecule has 2 N–H and O–H groups in total. The Morgan fingerprint density at radius 3 is 2.05 bits per heavy atom. The molecule has 1 aromatic carbocycles. The molecule has 1 rings (SSSR count). The summed E-state index contributed by atoms with van der Waals surface area (Å²) in [5, 5.41) is 0. The second-order valence-corrected chi connectivity index (χ2v) is 6.96. The smallest absolute Gasteiger partial charge is 0.0117 e. The van der Waals surface area contributed by atoms with Crippen LogP contribution in [-0.2, 0) is 11.8 Å². The number of nitrogens with two attached hydrogens (primary N) is 1. The van der Waals surface area contributed by atoms with Gasteiger partial charge in [-0.1, -0.05) is 38.5 Å². The van der Waals surface area contributed by atoms with Crippen molar-refractivity contribution in [2.24, 2.45) is 5.73 Å². The maximum atomic E-state index is 6.21. The molecule has 0 aliphatic carbocycles. The first kappa shape index (κ1) is 16.0. The summed E-state index contributed by atoms with van der Waals surface area (Å²) in [6.45, 7) is 17.2. The Labute approximate surface area is 118 Å². The Balaban J connectivity index is 3.01. The minimum atomic E-state index is 0.176. The fourth-order valence-corrected chi connectivity index (χ4v) is 2.53. The summed E-state index contributed by atoms with van der Waals surface area (Å²) in [6, 6.07) is 4.81. The van der Waals surface area contributed by atoms with E-state index < -0.39 is 0 Å². The molecule has 0 saturated heterocycles. The fourth-order valence-electron chi connectivity index (χ4n) is 2.53. The molecule has 0 bridgehead atoms. The van der Waals surface area contributed by atoms with Crippen LogP contribution in [0.1, 0.15) is 56.4 Å². The summed E-state index contributed by atoms with van der Waals surface area (Å²) in [6.07, 6.45) is 1.84. The number of rotatable bonds is 4. The minimum Gasteiger partial charge on any atom is -0.327 e. The predicted octanol–water partition coefficient (Wildman–Crippen LogP) is 4.44. The molecule has 1 nitrogen and oxygen atoms in total. The van der Waals surface area contributed by atoms with Crippen molar-refractivity contribution < 1.29 is 0 Å². The lowest BCUT2D eigenvalue weighted by Crippen LogP contribution is -2.24. The van der Waals surface area contributed by atoms with Crippen molar-refractivity contribution >= 4 is 0 Å². The van der Waals surface area contributed by atoms with Crippen LogP contribution in [0.5, 0.6) is 0 Å². The topological polar surface area (TPSA) is 26.0 Å². The van der Waals surface area contributed by atoms with E-state index in [1.165, 1.54) is 22.3 Å². The van der Waals surface area contributed by atoms with Gasteiger partial charge in [0.1, 0.15) is 0 Å². The van der Waals surface area contributed by atoms with Crippen LogP contribution < -0.4 is 5.73 Å². The zero-order valence-electron chi connectivity index (χ0n) is 13.4. The number of benzene rings is 1. The summed E-state index contributed by atoms with van der Waals surface area (Å²) in [7, 11) is 0. The van der Waals surface area contributed by atoms with Crippen molar-refractivity contribution in [3.05, 3.63) is 46.5 Å². The average molecular weight is 259 g/mol. The lowest BCUT2D eigenvalue weighted by atomic mass is 9.82. The van der Waals surface area contributed by atoms with Crippen LogP contribution in [0.3, 0.4) is 0 Å². The molecule has 1 aromatic rings. The van der Waals surface area contributed by atoms with Gasteiger partial charge in [0, 0.05) is 6.04 Å². The van der Waals surface area contributed by atoms with Gasteiger partial charge in [-0.3, -0.25) is 0 Å². The van der Waals surface area contributed by atoms with Gasteiger partial charge < -0.3 is 5.73 Å². The van der Waals surface area contributed by atoms with E-state index in [0.29, 0.717) is 0 Å². The van der Waals surface area contributed by atoms with Crippen LogP contribution >= 0.6 is 0 Å². The van der Waals surface area contributed by atoms with Gasteiger partial charge in [-0.2, -0.15) is 0 Å². The molecule has 0 saturated carbocycles. The Bertz CT molecular complexity index is 440. The summed E-state index contributed by atoms with van der Waals surface area (Å²) in [5.74, 6) is 0. The summed E-state index contributed by atoms with van der Waals surface area (Å²) in [5.41, 5.74) is 13.1. The van der Waals surface area contributed by atoms with Crippen LogP contribution in [-0.4, -0.2) is 6.04 Å². The van der Waals surface area contributed by atoms with Crippen LogP contribution in [0, 0.1) is 13.8 Å². The summed E-state index contributed by atoms with van der Waals surface area (Å²) < 4.78 is 0. The zero-order chi connectivity index (χ0) is 14.8. The molecule has 1 unspecified atom stereocenters. The molecule has 1 atom stereocenters. The second-order valence-electron chi connectivity index (χ2n) is 6.96. The first-order valence-electron chi connectivity index (χ1n) is 7.12. The lowest BCUT2D eigenvalue weighted by Gasteiger charge is -2.23. The van der Waals surface area contributed by atoms with Gasteiger partial charge in [0.05, 0.1) is 0 Å². The molecule has 0 radical (unpaired) electrons. The Kier molecular flexibility index (Phi) is 4.98. The third-order valence-corrected chi connectivity index (χ3v) is 3.64. The largest absolute Gasteiger partial charge is 0.327 e. The zero-order valence-corrected chi connectivity index (χ0v) is 13.4. The molecule has 0 aliphatic heterocycles. The molecule has 0 amide bonds. The second kappa shape index (κ2) is 5.92. The SMILES string of the molecule is C=C(C)CC(N)Cc1c(C)cc(C(C)(C)C)cc1C. The highest BCUT2D eigenvalue weighted by Gasteiger charge is 2.17. The molecule has 0 spiro atoms. The molecular weight excluding hydrogens is 230 g/mol. The first-order valence-corrected chi connectivity index (χ1v) is 7.12. The molecule has 0 fully saturated rings. The fraction of sp³-hybridized carbons (Fsp3) is 0.556. The molecule has 19 heavy (non-hydrogen) atoms. The van der Waals surface area contributed by atoms with Gasteiger partial charge in [0.2, 0.25) is 0 Å². The molecule has 0 heterocycles. The summed E-state index contributed by atoms with van der Waals surface area (Å²) in [4.78, 5) is 0. The molecule has 0 aromatic heterocycles. The van der Waals surface area contributed by atoms with Gasteiger partial charge >= 0.3 is 0 Å². The van der Waals surface area contributed by atoms with Crippen molar-refractivity contribution in [1.29, 1.82) is 0 Å². The quantitative estimate of drug-likeness (QED) is 0.795. The average Bonchev–Trinajstić information content (AvgIpc) is 2.20. The van der Waals surface area contributed by atoms with Crippen LogP contribution in [0.15, 0.2) is 24.3 Å². The highest BCUT2D eigenvalue weighted by atomic mass is 14.6. The van der Waals surface area contributed by atoms with Gasteiger partial charge in [0.25, 0.3) is 0 Å². The van der Waals surface area contributed by atoms with E-state index >= 15 is 0 Å². The summed E-state index contributed by atoms with van der Waals surface area (Å²) >= 11 is 0. The monoisotopic (exact) mass is 259 g/mol. The van der Waals surface area contributed by atoms with Gasteiger partial charge in [0.15, 0.2) is 0 Å². The first-order chi connectivity index (χ1) is 8.61. The molecule has 1 heteroatoms. The van der Waals surface area contributed by atoms with Crippen molar-refractivity contribution in [1.82, 2.24) is 0 Å². The van der Waals surface area contributed by atoms with Gasteiger partial charge in [-0.05, 0) is 61.3 Å². The van der Waals surface area contributed by atoms with E-state index in [9.17, 15) is 0 Å². The highest BCUT2D eigenvalue weighted by molar-refractivity contribution is 5.41. The van der Waals surface area contributed by atoms with Gasteiger partial charge in [-0.15, -0.1) is 6.58 Å². The van der Waals surface area contributed by atoms with Crippen molar-refractivity contribution in [3.8, 4) is 0 Å². The van der Waals surface area contributed by atoms with E-state index in [0.717, 1.165) is 18.4 Å². The van der Waals surface area contributed by atoms with Crippen molar-refractivity contribution in [2.45, 2.75) is 65.8 Å². The Hall–Kier alpha value is -1.08. The van der Waals surface area contributed by atoms with Crippen molar-refractivity contribution in [2.75, 3.05) is 0 Å². The van der Waals surface area contributed by atoms with Crippen LogP contribution in [0.4, 0.5) is 0 Å². The van der Waals surface area contributed by atoms with E-state index in [2.05, 4.69) is 53.3 Å². The number of hydrogen-bond donors (Lipinski definition) is 1. The number of hydrogen-bond acceptors (Lipinski definition) is 1. The van der Waals surface area contributed by atoms with Crippen molar-refractivity contribution in [3.63, 3.8) is 0 Å².